The van der Waals surface area contributed by atoms with E-state index in [1.165, 1.54) is 13.2 Å². The zero-order chi connectivity index (χ0) is 25.4. The van der Waals surface area contributed by atoms with Crippen LogP contribution in [0.3, 0.4) is 0 Å². The van der Waals surface area contributed by atoms with E-state index < -0.39 is 13.0 Å². The minimum atomic E-state index is -2.67. The fourth-order valence-electron chi connectivity index (χ4n) is 3.21. The SMILES string of the molecule is CN=Cc1cc(N(C)N=C2C=CC(OCC(F)F)=N/C2=C(/C=O)c2ccc(OC)cc2)ccc1N. The Morgan fingerprint density at radius 2 is 1.94 bits per heavy atom. The van der Waals surface area contributed by atoms with Crippen LogP contribution >= 0.6 is 0 Å². The lowest BCUT2D eigenvalue weighted by Gasteiger charge is -2.19. The first-order valence-electron chi connectivity index (χ1n) is 10.5. The molecule has 0 fully saturated rings. The molecule has 0 atom stereocenters. The number of aldehydes is 1. The molecule has 0 bridgehead atoms. The van der Waals surface area contributed by atoms with E-state index >= 15 is 0 Å². The number of aliphatic imine (C=N–C) groups is 2. The number of carbonyl (C=O) groups is 1. The maximum atomic E-state index is 12.7. The molecular formula is C25H25F2N5O3. The predicted molar refractivity (Wildman–Crippen MR) is 135 cm³/mol. The molecule has 0 aromatic heterocycles. The molecule has 1 aliphatic rings. The number of benzene rings is 2. The standard InChI is InChI=1S/C25H25F2N5O3/c1-29-13-17-12-18(6-9-21(17)28)32(2)31-22-10-11-24(35-15-23(26)27)30-25(22)20(14-33)16-4-7-19(34-3)8-5-16/h4-14,23H,15,28H2,1-3H3/b25-20-,29-13?,31-22?. The second-order valence-corrected chi connectivity index (χ2v) is 7.30. The molecule has 0 saturated heterocycles. The van der Waals surface area contributed by atoms with Gasteiger partial charge in [0.2, 0.25) is 5.90 Å². The molecule has 1 aliphatic heterocycles. The molecule has 0 aliphatic carbocycles. The van der Waals surface area contributed by atoms with E-state index in [0.29, 0.717) is 34.7 Å². The van der Waals surface area contributed by atoms with Crippen LogP contribution in [0.1, 0.15) is 11.1 Å². The van der Waals surface area contributed by atoms with Crippen LogP contribution in [0.4, 0.5) is 20.2 Å². The van der Waals surface area contributed by atoms with Crippen LogP contribution in [0.2, 0.25) is 0 Å². The van der Waals surface area contributed by atoms with Crippen molar-refractivity contribution < 1.29 is 23.0 Å². The van der Waals surface area contributed by atoms with Crippen molar-refractivity contribution in [2.24, 2.45) is 15.1 Å². The van der Waals surface area contributed by atoms with Gasteiger partial charge in [0.1, 0.15) is 17.2 Å². The smallest absolute Gasteiger partial charge is 0.272 e. The van der Waals surface area contributed by atoms with Crippen molar-refractivity contribution in [1.29, 1.82) is 0 Å². The van der Waals surface area contributed by atoms with Gasteiger partial charge in [0.25, 0.3) is 6.43 Å². The summed E-state index contributed by atoms with van der Waals surface area (Å²) in [5.74, 6) is 0.559. The Kier molecular flexibility index (Phi) is 8.44. The zero-order valence-electron chi connectivity index (χ0n) is 19.5. The molecule has 0 spiro atoms. The first-order valence-corrected chi connectivity index (χ1v) is 10.5. The number of carbonyl (C=O) groups excluding carboxylic acids is 1. The number of anilines is 2. The van der Waals surface area contributed by atoms with E-state index in [9.17, 15) is 13.6 Å². The van der Waals surface area contributed by atoms with Gasteiger partial charge in [-0.2, -0.15) is 5.10 Å². The second kappa shape index (κ2) is 11.7. The molecule has 3 rings (SSSR count). The fraction of sp³-hybridized carbons (Fsp3) is 0.200. The summed E-state index contributed by atoms with van der Waals surface area (Å²) in [6.07, 6.45) is 2.58. The topological polar surface area (TPSA) is 102 Å². The van der Waals surface area contributed by atoms with Gasteiger partial charge in [-0.3, -0.25) is 14.8 Å². The average molecular weight is 482 g/mol. The number of rotatable bonds is 8. The summed E-state index contributed by atoms with van der Waals surface area (Å²) in [7, 11) is 4.90. The highest BCUT2D eigenvalue weighted by Gasteiger charge is 2.20. The van der Waals surface area contributed by atoms with Gasteiger partial charge in [-0.1, -0.05) is 12.1 Å². The Morgan fingerprint density at radius 3 is 2.57 bits per heavy atom. The Labute approximate surface area is 201 Å². The highest BCUT2D eigenvalue weighted by molar-refractivity contribution is 6.25. The molecule has 8 nitrogen and oxygen atoms in total. The summed E-state index contributed by atoms with van der Waals surface area (Å²) in [5, 5.41) is 6.19. The Hall–Kier alpha value is -4.34. The number of ether oxygens (including phenoxy) is 2. The quantitative estimate of drug-likeness (QED) is 0.202. The number of nitrogen functional groups attached to an aromatic ring is 1. The first-order chi connectivity index (χ1) is 16.9. The van der Waals surface area contributed by atoms with Gasteiger partial charge in [-0.25, -0.2) is 13.8 Å². The van der Waals surface area contributed by atoms with E-state index in [4.69, 9.17) is 15.2 Å². The number of nitrogens with two attached hydrogens (primary N) is 1. The highest BCUT2D eigenvalue weighted by Crippen LogP contribution is 2.26. The van der Waals surface area contributed by atoms with E-state index in [2.05, 4.69) is 15.1 Å². The Balaban J connectivity index is 2.08. The third kappa shape index (κ3) is 6.38. The molecule has 0 unspecified atom stereocenters. The van der Waals surface area contributed by atoms with Crippen molar-refractivity contribution in [3.8, 4) is 5.75 Å². The van der Waals surface area contributed by atoms with E-state index in [0.717, 1.165) is 5.56 Å². The minimum Gasteiger partial charge on any atom is -0.497 e. The van der Waals surface area contributed by atoms with Crippen LogP contribution in [-0.2, 0) is 9.53 Å². The van der Waals surface area contributed by atoms with Gasteiger partial charge in [-0.15, -0.1) is 0 Å². The summed E-state index contributed by atoms with van der Waals surface area (Å²) in [5.41, 5.74) is 9.24. The maximum Gasteiger partial charge on any atom is 0.272 e. The van der Waals surface area contributed by atoms with Crippen LogP contribution in [0, 0.1) is 0 Å². The van der Waals surface area contributed by atoms with Gasteiger partial charge in [0, 0.05) is 43.2 Å². The largest absolute Gasteiger partial charge is 0.497 e. The van der Waals surface area contributed by atoms with Gasteiger partial charge < -0.3 is 15.2 Å². The van der Waals surface area contributed by atoms with E-state index in [-0.39, 0.29) is 17.2 Å². The molecule has 2 N–H and O–H groups in total. The number of methoxy groups -OCH3 is 1. The molecule has 0 radical (unpaired) electrons. The second-order valence-electron chi connectivity index (χ2n) is 7.30. The van der Waals surface area contributed by atoms with Crippen molar-refractivity contribution in [1.82, 2.24) is 0 Å². The summed E-state index contributed by atoms with van der Waals surface area (Å²) < 4.78 is 35.6. The summed E-state index contributed by atoms with van der Waals surface area (Å²) >= 11 is 0. The number of halogens is 2. The van der Waals surface area contributed by atoms with Gasteiger partial charge in [-0.05, 0) is 42.0 Å². The number of hydrogen-bond acceptors (Lipinski definition) is 8. The van der Waals surface area contributed by atoms with Crippen LogP contribution in [-0.4, -0.2) is 58.3 Å². The average Bonchev–Trinajstić information content (AvgIpc) is 2.86. The molecule has 0 amide bonds. The van der Waals surface area contributed by atoms with Crippen molar-refractivity contribution in [3.05, 3.63) is 71.4 Å². The van der Waals surface area contributed by atoms with Crippen molar-refractivity contribution in [2.45, 2.75) is 6.43 Å². The number of hydrogen-bond donors (Lipinski definition) is 1. The third-order valence-corrected chi connectivity index (χ3v) is 4.95. The molecule has 182 valence electrons. The molecule has 0 saturated carbocycles. The molecular weight excluding hydrogens is 456 g/mol. The third-order valence-electron chi connectivity index (χ3n) is 4.95. The minimum absolute atomic E-state index is 0.0521. The predicted octanol–water partition coefficient (Wildman–Crippen LogP) is 3.98. The number of alkyl halides is 2. The Morgan fingerprint density at radius 1 is 1.20 bits per heavy atom. The molecule has 2 aromatic carbocycles. The van der Waals surface area contributed by atoms with Gasteiger partial charge in [0.05, 0.1) is 12.8 Å². The first kappa shape index (κ1) is 25.3. The number of nitrogens with zero attached hydrogens (tertiary/aromatic N) is 4. The lowest BCUT2D eigenvalue weighted by atomic mass is 10.0. The number of hydrazone groups is 1. The number of dihydropyridines is 1. The lowest BCUT2D eigenvalue weighted by molar-refractivity contribution is -0.103. The van der Waals surface area contributed by atoms with Crippen LogP contribution < -0.4 is 15.5 Å². The zero-order valence-corrected chi connectivity index (χ0v) is 19.5. The maximum absolute atomic E-state index is 12.7. The monoisotopic (exact) mass is 481 g/mol. The summed E-state index contributed by atoms with van der Waals surface area (Å²) in [4.78, 5) is 20.5. The van der Waals surface area contributed by atoms with Crippen molar-refractivity contribution in [2.75, 3.05) is 38.6 Å². The van der Waals surface area contributed by atoms with Crippen LogP contribution in [0.15, 0.2) is 75.4 Å². The fourth-order valence-corrected chi connectivity index (χ4v) is 3.21. The highest BCUT2D eigenvalue weighted by atomic mass is 19.3. The van der Waals surface area contributed by atoms with Crippen molar-refractivity contribution in [3.63, 3.8) is 0 Å². The lowest BCUT2D eigenvalue weighted by Crippen LogP contribution is -2.19. The van der Waals surface area contributed by atoms with Gasteiger partial charge in [0.15, 0.2) is 12.9 Å². The van der Waals surface area contributed by atoms with E-state index in [1.54, 1.807) is 67.8 Å². The molecule has 10 heteroatoms. The molecule has 2 aromatic rings. The normalized spacial score (nSPS) is 15.9. The Bertz CT molecular complexity index is 1220. The molecule has 1 heterocycles. The molecule has 35 heavy (non-hydrogen) atoms. The van der Waals surface area contributed by atoms with Gasteiger partial charge >= 0.3 is 0 Å². The van der Waals surface area contributed by atoms with Crippen LogP contribution in [0.5, 0.6) is 5.75 Å². The van der Waals surface area contributed by atoms with Crippen molar-refractivity contribution >= 4 is 41.1 Å². The van der Waals surface area contributed by atoms with Crippen LogP contribution in [0.25, 0.3) is 5.57 Å². The summed E-state index contributed by atoms with van der Waals surface area (Å²) in [6.45, 7) is -0.824. The summed E-state index contributed by atoms with van der Waals surface area (Å²) in [6, 6.07) is 12.1. The van der Waals surface area contributed by atoms with E-state index in [1.807, 2.05) is 6.07 Å². The number of allylic oxidation sites excluding steroid dienone is 2.